The van der Waals surface area contributed by atoms with Gasteiger partial charge in [0.05, 0.1) is 28.2 Å². The van der Waals surface area contributed by atoms with E-state index < -0.39 is 0 Å². The van der Waals surface area contributed by atoms with Gasteiger partial charge >= 0.3 is 0 Å². The average molecular weight is 436 g/mol. The molecule has 152 valence electrons. The Hall–Kier alpha value is -2.76. The molecule has 0 radical (unpaired) electrons. The summed E-state index contributed by atoms with van der Waals surface area (Å²) in [5.74, 6) is -0.00469. The lowest BCUT2D eigenvalue weighted by Crippen LogP contribution is -2.31. The number of nitrogens with zero attached hydrogens (tertiary/aromatic N) is 3. The molecule has 2 aromatic carbocycles. The lowest BCUT2D eigenvalue weighted by Gasteiger charge is -2.20. The largest absolute Gasteiger partial charge is 0.283 e. The highest BCUT2D eigenvalue weighted by atomic mass is 35.5. The van der Waals surface area contributed by atoms with Crippen LogP contribution in [0, 0.1) is 20.8 Å². The fourth-order valence-corrected chi connectivity index (χ4v) is 4.66. The van der Waals surface area contributed by atoms with Gasteiger partial charge in [-0.1, -0.05) is 53.3 Å². The van der Waals surface area contributed by atoms with Crippen LogP contribution in [-0.2, 0) is 17.8 Å². The Morgan fingerprint density at radius 1 is 1.03 bits per heavy atom. The second-order valence-corrected chi connectivity index (χ2v) is 8.86. The highest BCUT2D eigenvalue weighted by Gasteiger charge is 2.22. The van der Waals surface area contributed by atoms with Gasteiger partial charge in [0.2, 0.25) is 5.91 Å². The van der Waals surface area contributed by atoms with Crippen molar-refractivity contribution in [3.05, 3.63) is 87.7 Å². The van der Waals surface area contributed by atoms with Crippen LogP contribution in [0.2, 0.25) is 5.02 Å². The van der Waals surface area contributed by atoms with Crippen LogP contribution in [0.1, 0.15) is 27.8 Å². The Morgan fingerprint density at radius 3 is 2.53 bits per heavy atom. The molecule has 2 aromatic heterocycles. The van der Waals surface area contributed by atoms with Crippen molar-refractivity contribution in [3.63, 3.8) is 0 Å². The predicted octanol–water partition coefficient (Wildman–Crippen LogP) is 6.05. The Labute approximate surface area is 185 Å². The minimum absolute atomic E-state index is 0.00469. The van der Waals surface area contributed by atoms with Crippen LogP contribution in [0.15, 0.2) is 54.9 Å². The summed E-state index contributed by atoms with van der Waals surface area (Å²) in [6.45, 7) is 6.55. The fourth-order valence-electron chi connectivity index (χ4n) is 3.33. The zero-order valence-electron chi connectivity index (χ0n) is 17.1. The van der Waals surface area contributed by atoms with Crippen molar-refractivity contribution in [1.29, 1.82) is 0 Å². The molecular formula is C24H22ClN3OS. The smallest absolute Gasteiger partial charge is 0.233 e. The van der Waals surface area contributed by atoms with Crippen LogP contribution >= 0.6 is 22.9 Å². The van der Waals surface area contributed by atoms with Gasteiger partial charge in [0, 0.05) is 12.4 Å². The topological polar surface area (TPSA) is 46.1 Å². The minimum Gasteiger partial charge on any atom is -0.283 e. The van der Waals surface area contributed by atoms with E-state index in [2.05, 4.69) is 31.0 Å². The standard InChI is InChI=1S/C24H22ClN3OS/c1-15-6-8-18(11-17(15)3)12-21(29)28(14-19-5-4-10-26-13-19)24-27-22-16(2)7-9-20(25)23(22)30-24/h4-11,13H,12,14H2,1-3H3. The SMILES string of the molecule is Cc1ccc(CC(=O)N(Cc2cccnc2)c2nc3c(C)ccc(Cl)c3s2)cc1C. The van der Waals surface area contributed by atoms with E-state index in [0.717, 1.165) is 26.9 Å². The Bertz CT molecular complexity index is 1180. The lowest BCUT2D eigenvalue weighted by atomic mass is 10.0. The highest BCUT2D eigenvalue weighted by molar-refractivity contribution is 7.23. The van der Waals surface area contributed by atoms with Crippen molar-refractivity contribution in [2.75, 3.05) is 4.90 Å². The third-order valence-electron chi connectivity index (χ3n) is 5.21. The predicted molar refractivity (Wildman–Crippen MR) is 124 cm³/mol. The zero-order chi connectivity index (χ0) is 21.3. The summed E-state index contributed by atoms with van der Waals surface area (Å²) in [7, 11) is 0. The molecule has 4 rings (SSSR count). The number of aryl methyl sites for hydroxylation is 3. The number of rotatable bonds is 5. The maximum absolute atomic E-state index is 13.4. The van der Waals surface area contributed by atoms with Crippen LogP contribution in [-0.4, -0.2) is 15.9 Å². The first kappa shape index (κ1) is 20.5. The number of thiazole rings is 1. The Balaban J connectivity index is 1.72. The molecule has 2 heterocycles. The summed E-state index contributed by atoms with van der Waals surface area (Å²) in [6, 6.07) is 13.8. The molecule has 0 aliphatic heterocycles. The molecule has 0 bridgehead atoms. The number of benzene rings is 2. The van der Waals surface area contributed by atoms with Crippen LogP contribution < -0.4 is 4.90 Å². The molecule has 0 aliphatic carbocycles. The maximum Gasteiger partial charge on any atom is 0.233 e. The van der Waals surface area contributed by atoms with Gasteiger partial charge in [0.1, 0.15) is 0 Å². The summed E-state index contributed by atoms with van der Waals surface area (Å²) < 4.78 is 0.904. The first-order chi connectivity index (χ1) is 14.4. The van der Waals surface area contributed by atoms with E-state index in [4.69, 9.17) is 16.6 Å². The number of pyridine rings is 1. The molecule has 1 amide bonds. The normalized spacial score (nSPS) is 11.1. The maximum atomic E-state index is 13.4. The number of carbonyl (C=O) groups is 1. The number of anilines is 1. The van der Waals surface area contributed by atoms with Crippen molar-refractivity contribution in [2.24, 2.45) is 0 Å². The van der Waals surface area contributed by atoms with Crippen molar-refractivity contribution < 1.29 is 4.79 Å². The molecule has 0 fully saturated rings. The van der Waals surface area contributed by atoms with Gasteiger partial charge in [-0.2, -0.15) is 0 Å². The fraction of sp³-hybridized carbons (Fsp3) is 0.208. The number of carbonyl (C=O) groups excluding carboxylic acids is 1. The van der Waals surface area contributed by atoms with Gasteiger partial charge in [0.25, 0.3) is 0 Å². The molecule has 0 atom stereocenters. The van der Waals surface area contributed by atoms with E-state index in [9.17, 15) is 4.79 Å². The van der Waals surface area contributed by atoms with Crippen molar-refractivity contribution in [1.82, 2.24) is 9.97 Å². The molecule has 0 aliphatic rings. The quantitative estimate of drug-likeness (QED) is 0.383. The van der Waals surface area contributed by atoms with E-state index >= 15 is 0 Å². The third kappa shape index (κ3) is 4.23. The number of aromatic nitrogens is 2. The third-order valence-corrected chi connectivity index (χ3v) is 6.75. The summed E-state index contributed by atoms with van der Waals surface area (Å²) in [4.78, 5) is 24.1. The van der Waals surface area contributed by atoms with Crippen molar-refractivity contribution in [3.8, 4) is 0 Å². The van der Waals surface area contributed by atoms with Gasteiger partial charge in [-0.25, -0.2) is 4.98 Å². The molecule has 4 nitrogen and oxygen atoms in total. The van der Waals surface area contributed by atoms with Crippen LogP contribution in [0.3, 0.4) is 0 Å². The van der Waals surface area contributed by atoms with E-state index in [-0.39, 0.29) is 5.91 Å². The summed E-state index contributed by atoms with van der Waals surface area (Å²) >= 11 is 7.86. The second-order valence-electron chi connectivity index (χ2n) is 7.47. The van der Waals surface area contributed by atoms with Crippen molar-refractivity contribution in [2.45, 2.75) is 33.7 Å². The molecule has 30 heavy (non-hydrogen) atoms. The molecule has 0 saturated carbocycles. The number of hydrogen-bond acceptors (Lipinski definition) is 4. The molecule has 0 spiro atoms. The van der Waals surface area contributed by atoms with Gasteiger partial charge in [0.15, 0.2) is 5.13 Å². The summed E-state index contributed by atoms with van der Waals surface area (Å²) in [5.41, 5.74) is 6.23. The molecule has 6 heteroatoms. The molecule has 0 N–H and O–H groups in total. The highest BCUT2D eigenvalue weighted by Crippen LogP contribution is 2.36. The number of hydrogen-bond donors (Lipinski definition) is 0. The minimum atomic E-state index is -0.00469. The second kappa shape index (κ2) is 8.54. The van der Waals surface area contributed by atoms with Crippen molar-refractivity contribution >= 4 is 44.2 Å². The van der Waals surface area contributed by atoms with Crippen LogP contribution in [0.4, 0.5) is 5.13 Å². The molecule has 0 unspecified atom stereocenters. The monoisotopic (exact) mass is 435 g/mol. The molecule has 0 saturated heterocycles. The van der Waals surface area contributed by atoms with Gasteiger partial charge in [-0.3, -0.25) is 14.7 Å². The van der Waals surface area contributed by atoms with Crippen LogP contribution in [0.5, 0.6) is 0 Å². The van der Waals surface area contributed by atoms with Gasteiger partial charge < -0.3 is 0 Å². The zero-order valence-corrected chi connectivity index (χ0v) is 18.7. The number of fused-ring (bicyclic) bond motifs is 1. The first-order valence-corrected chi connectivity index (χ1v) is 10.9. The Morgan fingerprint density at radius 2 is 1.83 bits per heavy atom. The lowest BCUT2D eigenvalue weighted by molar-refractivity contribution is -0.118. The van der Waals surface area contributed by atoms with Gasteiger partial charge in [-0.05, 0) is 60.7 Å². The number of amides is 1. The summed E-state index contributed by atoms with van der Waals surface area (Å²) in [5, 5.41) is 1.31. The molecule has 4 aromatic rings. The van der Waals surface area contributed by atoms with E-state index in [0.29, 0.717) is 23.1 Å². The Kier molecular flexibility index (Phi) is 5.84. The van der Waals surface area contributed by atoms with Gasteiger partial charge in [-0.15, -0.1) is 0 Å². The van der Waals surface area contributed by atoms with E-state index in [1.165, 1.54) is 22.5 Å². The first-order valence-electron chi connectivity index (χ1n) is 9.73. The average Bonchev–Trinajstić information content (AvgIpc) is 3.19. The molecular weight excluding hydrogens is 414 g/mol. The summed E-state index contributed by atoms with van der Waals surface area (Å²) in [6.07, 6.45) is 3.82. The van der Waals surface area contributed by atoms with Crippen LogP contribution in [0.25, 0.3) is 10.2 Å². The van der Waals surface area contributed by atoms with E-state index in [1.54, 1.807) is 17.3 Å². The van der Waals surface area contributed by atoms with E-state index in [1.807, 2.05) is 37.3 Å². The number of halogens is 1.